The molecule has 1 saturated heterocycles. The second kappa shape index (κ2) is 11.3. The highest BCUT2D eigenvalue weighted by Gasteiger charge is 2.39. The van der Waals surface area contributed by atoms with Crippen LogP contribution >= 0.6 is 0 Å². The van der Waals surface area contributed by atoms with Gasteiger partial charge in [0.1, 0.15) is 18.2 Å². The fourth-order valence-corrected chi connectivity index (χ4v) is 3.64. The summed E-state index contributed by atoms with van der Waals surface area (Å²) in [4.78, 5) is 39.3. The second-order valence-electron chi connectivity index (χ2n) is 9.61. The number of nitrogens with zero attached hydrogens (tertiary/aromatic N) is 1. The fraction of sp³-hybridized carbons (Fsp3) is 0.625. The van der Waals surface area contributed by atoms with Gasteiger partial charge < -0.3 is 24.8 Å². The number of carbonyl (C=O) groups is 3. The van der Waals surface area contributed by atoms with Crippen LogP contribution in [0.4, 0.5) is 4.79 Å². The van der Waals surface area contributed by atoms with E-state index in [1.165, 1.54) is 4.90 Å². The van der Waals surface area contributed by atoms with Gasteiger partial charge in [0.25, 0.3) is 5.91 Å². The molecule has 2 rings (SSSR count). The van der Waals surface area contributed by atoms with E-state index >= 15 is 0 Å². The minimum Gasteiger partial charge on any atom is -0.458 e. The molecule has 1 aromatic carbocycles. The summed E-state index contributed by atoms with van der Waals surface area (Å²) in [5.41, 5.74) is 0.157. The lowest BCUT2D eigenvalue weighted by Crippen LogP contribution is -2.54. The van der Waals surface area contributed by atoms with E-state index in [1.54, 1.807) is 20.8 Å². The molecule has 1 fully saturated rings. The van der Waals surface area contributed by atoms with Crippen LogP contribution in [0.25, 0.3) is 0 Å². The predicted octanol–water partition coefficient (Wildman–Crippen LogP) is 3.02. The van der Waals surface area contributed by atoms with Crippen LogP contribution in [0, 0.1) is 5.92 Å². The van der Waals surface area contributed by atoms with Crippen molar-refractivity contribution in [1.82, 2.24) is 10.2 Å². The van der Waals surface area contributed by atoms with Crippen molar-refractivity contribution in [3.63, 3.8) is 0 Å². The Morgan fingerprint density at radius 1 is 1.19 bits per heavy atom. The zero-order valence-electron chi connectivity index (χ0n) is 19.7. The zero-order valence-corrected chi connectivity index (χ0v) is 19.7. The molecule has 2 N–H and O–H groups in total. The number of hydrogen-bond acceptors (Lipinski definition) is 6. The first kappa shape index (κ1) is 25.6. The number of aliphatic hydroxyl groups excluding tert-OH is 1. The summed E-state index contributed by atoms with van der Waals surface area (Å²) in [6.07, 6.45) is -0.554. The number of benzene rings is 1. The van der Waals surface area contributed by atoms with Crippen molar-refractivity contribution in [2.24, 2.45) is 5.92 Å². The van der Waals surface area contributed by atoms with Crippen LogP contribution in [0.2, 0.25) is 0 Å². The van der Waals surface area contributed by atoms with Gasteiger partial charge >= 0.3 is 12.1 Å². The molecule has 3 atom stereocenters. The molecule has 0 saturated carbocycles. The lowest BCUT2D eigenvalue weighted by molar-refractivity contribution is -0.160. The molecular formula is C24H36N2O6. The van der Waals surface area contributed by atoms with Crippen molar-refractivity contribution in [2.75, 3.05) is 6.54 Å². The standard InChI is InChI=1S/C24H36N2O6/c1-16(2)14-18(22(29)32-24(3,4)5)25-21(28)20(27)19-12-9-13-26(19)23(30)31-15-17-10-7-6-8-11-17/h6-8,10-11,16,18-20,27H,9,12-15H2,1-5H3,(H,25,28)/t18-,19-,20?/m0/s1. The first-order valence-electron chi connectivity index (χ1n) is 11.2. The molecule has 1 aliphatic heterocycles. The largest absolute Gasteiger partial charge is 0.458 e. The third kappa shape index (κ3) is 7.82. The Morgan fingerprint density at radius 2 is 1.84 bits per heavy atom. The highest BCUT2D eigenvalue weighted by Crippen LogP contribution is 2.22. The summed E-state index contributed by atoms with van der Waals surface area (Å²) in [6, 6.07) is 7.70. The number of likely N-dealkylation sites (tertiary alicyclic amines) is 1. The predicted molar refractivity (Wildman–Crippen MR) is 120 cm³/mol. The zero-order chi connectivity index (χ0) is 23.9. The molecule has 1 aliphatic rings. The van der Waals surface area contributed by atoms with Crippen molar-refractivity contribution in [1.29, 1.82) is 0 Å². The maximum Gasteiger partial charge on any atom is 0.410 e. The van der Waals surface area contributed by atoms with Gasteiger partial charge in [-0.3, -0.25) is 4.79 Å². The molecule has 8 heteroatoms. The SMILES string of the molecule is CC(C)C[C@H](NC(=O)C(O)[C@@H]1CCCN1C(=O)OCc1ccccc1)C(=O)OC(C)(C)C. The van der Waals surface area contributed by atoms with Crippen molar-refractivity contribution < 1.29 is 29.0 Å². The maximum absolute atomic E-state index is 12.8. The van der Waals surface area contributed by atoms with Gasteiger partial charge in [0.2, 0.25) is 0 Å². The van der Waals surface area contributed by atoms with E-state index < -0.39 is 41.8 Å². The topological polar surface area (TPSA) is 105 Å². The summed E-state index contributed by atoms with van der Waals surface area (Å²) in [5.74, 6) is -1.12. The van der Waals surface area contributed by atoms with E-state index in [4.69, 9.17) is 9.47 Å². The van der Waals surface area contributed by atoms with Crippen LogP contribution in [0.15, 0.2) is 30.3 Å². The van der Waals surface area contributed by atoms with Gasteiger partial charge in [0.15, 0.2) is 6.10 Å². The number of aliphatic hydroxyl groups is 1. The molecule has 1 heterocycles. The molecule has 32 heavy (non-hydrogen) atoms. The van der Waals surface area contributed by atoms with Crippen LogP contribution in [-0.2, 0) is 25.7 Å². The maximum atomic E-state index is 12.8. The Balaban J connectivity index is 2.00. The number of esters is 1. The molecule has 1 aromatic rings. The van der Waals surface area contributed by atoms with Crippen LogP contribution in [0.3, 0.4) is 0 Å². The van der Waals surface area contributed by atoms with Crippen LogP contribution in [0.1, 0.15) is 59.4 Å². The van der Waals surface area contributed by atoms with Crippen LogP contribution < -0.4 is 5.32 Å². The average Bonchev–Trinajstić information content (AvgIpc) is 3.20. The van der Waals surface area contributed by atoms with Gasteiger partial charge in [-0.15, -0.1) is 0 Å². The van der Waals surface area contributed by atoms with Crippen molar-refractivity contribution in [3.8, 4) is 0 Å². The Hall–Kier alpha value is -2.61. The normalized spacial score (nSPS) is 18.2. The third-order valence-corrected chi connectivity index (χ3v) is 5.09. The number of amides is 2. The van der Waals surface area contributed by atoms with Gasteiger partial charge in [-0.1, -0.05) is 44.2 Å². The first-order valence-corrected chi connectivity index (χ1v) is 11.2. The van der Waals surface area contributed by atoms with Gasteiger partial charge in [0.05, 0.1) is 6.04 Å². The number of ether oxygens (including phenoxy) is 2. The smallest absolute Gasteiger partial charge is 0.410 e. The molecule has 0 aromatic heterocycles. The average molecular weight is 449 g/mol. The minimum atomic E-state index is -1.47. The lowest BCUT2D eigenvalue weighted by Gasteiger charge is -2.29. The van der Waals surface area contributed by atoms with Gasteiger partial charge in [-0.25, -0.2) is 9.59 Å². The fourth-order valence-electron chi connectivity index (χ4n) is 3.64. The van der Waals surface area contributed by atoms with Gasteiger partial charge in [-0.05, 0) is 51.5 Å². The molecule has 0 radical (unpaired) electrons. The van der Waals surface area contributed by atoms with E-state index in [2.05, 4.69) is 5.32 Å². The highest BCUT2D eigenvalue weighted by molar-refractivity contribution is 5.88. The van der Waals surface area contributed by atoms with Gasteiger partial charge in [-0.2, -0.15) is 0 Å². The van der Waals surface area contributed by atoms with Crippen LogP contribution in [-0.4, -0.2) is 58.3 Å². The highest BCUT2D eigenvalue weighted by atomic mass is 16.6. The molecule has 8 nitrogen and oxygen atoms in total. The third-order valence-electron chi connectivity index (χ3n) is 5.09. The van der Waals surface area contributed by atoms with E-state index in [0.29, 0.717) is 25.8 Å². The Labute approximate surface area is 190 Å². The van der Waals surface area contributed by atoms with E-state index in [9.17, 15) is 19.5 Å². The van der Waals surface area contributed by atoms with Crippen LogP contribution in [0.5, 0.6) is 0 Å². The summed E-state index contributed by atoms with van der Waals surface area (Å²) in [7, 11) is 0. The molecule has 0 aliphatic carbocycles. The Bertz CT molecular complexity index is 774. The minimum absolute atomic E-state index is 0.111. The summed E-state index contributed by atoms with van der Waals surface area (Å²) in [6.45, 7) is 9.63. The van der Waals surface area contributed by atoms with Gasteiger partial charge in [0, 0.05) is 6.54 Å². The van der Waals surface area contributed by atoms with Crippen molar-refractivity contribution in [3.05, 3.63) is 35.9 Å². The Kier molecular flexibility index (Phi) is 9.07. The Morgan fingerprint density at radius 3 is 2.44 bits per heavy atom. The number of nitrogens with one attached hydrogen (secondary N) is 1. The van der Waals surface area contributed by atoms with E-state index in [-0.39, 0.29) is 12.5 Å². The van der Waals surface area contributed by atoms with Crippen molar-refractivity contribution in [2.45, 2.75) is 84.3 Å². The van der Waals surface area contributed by atoms with E-state index in [1.807, 2.05) is 44.2 Å². The van der Waals surface area contributed by atoms with Crippen molar-refractivity contribution >= 4 is 18.0 Å². The monoisotopic (exact) mass is 448 g/mol. The second-order valence-corrected chi connectivity index (χ2v) is 9.61. The first-order chi connectivity index (χ1) is 15.0. The molecule has 0 bridgehead atoms. The summed E-state index contributed by atoms with van der Waals surface area (Å²) < 4.78 is 10.8. The summed E-state index contributed by atoms with van der Waals surface area (Å²) in [5, 5.41) is 13.3. The number of rotatable bonds is 8. The molecular weight excluding hydrogens is 412 g/mol. The number of carbonyl (C=O) groups excluding carboxylic acids is 3. The lowest BCUT2D eigenvalue weighted by atomic mass is 10.0. The molecule has 2 amide bonds. The molecule has 178 valence electrons. The van der Waals surface area contributed by atoms with E-state index in [0.717, 1.165) is 5.56 Å². The quantitative estimate of drug-likeness (QED) is 0.593. The number of hydrogen-bond donors (Lipinski definition) is 2. The molecule has 1 unspecified atom stereocenters. The molecule has 0 spiro atoms. The summed E-state index contributed by atoms with van der Waals surface area (Å²) >= 11 is 0.